The van der Waals surface area contributed by atoms with Crippen LogP contribution in [0.3, 0.4) is 0 Å². The van der Waals surface area contributed by atoms with Crippen LogP contribution in [0, 0.1) is 0 Å². The van der Waals surface area contributed by atoms with Crippen LogP contribution < -0.4 is 0 Å². The molecule has 6 heteroatoms. The fraction of sp³-hybridized carbons (Fsp3) is 0.462. The van der Waals surface area contributed by atoms with Gasteiger partial charge in [0.1, 0.15) is 12.6 Å². The van der Waals surface area contributed by atoms with Crippen LogP contribution in [0.2, 0.25) is 16.6 Å². The Balaban J connectivity index is 1.87. The molecule has 3 rings (SSSR count). The van der Waals surface area contributed by atoms with Gasteiger partial charge in [-0.05, 0) is 27.8 Å². The maximum absolute atomic E-state index is 13.3. The van der Waals surface area contributed by atoms with Crippen LogP contribution in [0.5, 0.6) is 0 Å². The third-order valence-electron chi connectivity index (χ3n) is 6.63. The molecule has 0 unspecified atom stereocenters. The Morgan fingerprint density at radius 3 is 1.88 bits per heavy atom. The van der Waals surface area contributed by atoms with Gasteiger partial charge < -0.3 is 9.16 Å². The largest absolute Gasteiger partial charge is 0.444 e. The Hall–Kier alpha value is -2.44. The van der Waals surface area contributed by atoms with Gasteiger partial charge in [-0.2, -0.15) is 0 Å². The van der Waals surface area contributed by atoms with E-state index in [0.29, 0.717) is 16.6 Å². The first-order chi connectivity index (χ1) is 15.2. The van der Waals surface area contributed by atoms with Gasteiger partial charge in [0.2, 0.25) is 8.32 Å². The minimum absolute atomic E-state index is 0.124. The van der Waals surface area contributed by atoms with Gasteiger partial charge in [0.25, 0.3) is 5.91 Å². The first-order valence-electron chi connectivity index (χ1n) is 11.5. The monoisotopic (exact) mass is 453 g/mol. The van der Waals surface area contributed by atoms with Gasteiger partial charge in [0, 0.05) is 0 Å². The number of benzene rings is 2. The smallest absolute Gasteiger partial charge is 0.417 e. The minimum Gasteiger partial charge on any atom is -0.444 e. The summed E-state index contributed by atoms with van der Waals surface area (Å²) in [7, 11) is -2.31. The summed E-state index contributed by atoms with van der Waals surface area (Å²) < 4.78 is 12.3. The number of β-lactam (4-membered cyclic amide) rings is 1. The molecule has 0 bridgehead atoms. The molecule has 1 aliphatic heterocycles. The molecule has 0 saturated carbocycles. The number of carbonyl (C=O) groups excluding carboxylic acids is 2. The second kappa shape index (κ2) is 10.0. The molecule has 0 aromatic heterocycles. The molecule has 2 atom stereocenters. The fourth-order valence-corrected chi connectivity index (χ4v) is 10.7. The standard InChI is InChI=1S/C26H35NO4Si/c1-18(2)32(19(3)4,20(5)6)31-24-23(22-15-11-8-12-16-22)27(25(24)28)26(29)30-17-21-13-9-7-10-14-21/h7-16,18-20,23-24H,17H2,1-6H3/t23-,24+/m0/s1. The highest BCUT2D eigenvalue weighted by molar-refractivity contribution is 6.77. The third-order valence-corrected chi connectivity index (χ3v) is 12.7. The van der Waals surface area contributed by atoms with Crippen molar-refractivity contribution in [1.82, 2.24) is 4.90 Å². The molecule has 1 aliphatic rings. The van der Waals surface area contributed by atoms with Gasteiger partial charge in [0.05, 0.1) is 0 Å². The van der Waals surface area contributed by atoms with Crippen molar-refractivity contribution in [3.63, 3.8) is 0 Å². The number of likely N-dealkylation sites (tertiary alicyclic amines) is 1. The number of nitrogens with zero attached hydrogens (tertiary/aromatic N) is 1. The lowest BCUT2D eigenvalue weighted by molar-refractivity contribution is -0.161. The van der Waals surface area contributed by atoms with Gasteiger partial charge in [-0.25, -0.2) is 9.69 Å². The molecular formula is C26H35NO4Si. The first kappa shape index (κ1) is 24.2. The SMILES string of the molecule is CC(C)[Si](O[C@H]1C(=O)N(C(=O)OCc2ccccc2)[C@H]1c1ccccc1)(C(C)C)C(C)C. The van der Waals surface area contributed by atoms with Gasteiger partial charge >= 0.3 is 6.09 Å². The van der Waals surface area contributed by atoms with Gasteiger partial charge in [-0.3, -0.25) is 4.79 Å². The predicted octanol–water partition coefficient (Wildman–Crippen LogP) is 6.47. The average molecular weight is 454 g/mol. The summed E-state index contributed by atoms with van der Waals surface area (Å²) in [5, 5.41) is 0. The highest BCUT2D eigenvalue weighted by Crippen LogP contribution is 2.47. The number of imide groups is 1. The molecule has 32 heavy (non-hydrogen) atoms. The Kier molecular flexibility index (Phi) is 7.57. The van der Waals surface area contributed by atoms with Crippen molar-refractivity contribution >= 4 is 20.3 Å². The van der Waals surface area contributed by atoms with Crippen LogP contribution in [0.25, 0.3) is 0 Å². The molecule has 1 fully saturated rings. The normalized spacial score (nSPS) is 18.9. The molecule has 0 radical (unpaired) electrons. The zero-order chi connectivity index (χ0) is 23.5. The van der Waals surface area contributed by atoms with Crippen molar-refractivity contribution in [3.8, 4) is 0 Å². The lowest BCUT2D eigenvalue weighted by Gasteiger charge is -2.51. The molecule has 1 saturated heterocycles. The minimum atomic E-state index is -2.31. The van der Waals surface area contributed by atoms with Crippen molar-refractivity contribution in [2.75, 3.05) is 0 Å². The first-order valence-corrected chi connectivity index (χ1v) is 13.6. The molecule has 2 aromatic carbocycles. The molecule has 5 nitrogen and oxygen atoms in total. The number of hydrogen-bond donors (Lipinski definition) is 0. The molecule has 0 aliphatic carbocycles. The van der Waals surface area contributed by atoms with E-state index in [-0.39, 0.29) is 12.5 Å². The van der Waals surface area contributed by atoms with E-state index in [0.717, 1.165) is 11.1 Å². The maximum atomic E-state index is 13.3. The summed E-state index contributed by atoms with van der Waals surface area (Å²) in [6.07, 6.45) is -1.29. The summed E-state index contributed by atoms with van der Waals surface area (Å²) in [5.74, 6) is -0.310. The van der Waals surface area contributed by atoms with E-state index in [1.54, 1.807) is 0 Å². The molecule has 172 valence electrons. The topological polar surface area (TPSA) is 55.8 Å². The Morgan fingerprint density at radius 2 is 1.38 bits per heavy atom. The second-order valence-corrected chi connectivity index (χ2v) is 14.9. The summed E-state index contributed by atoms with van der Waals surface area (Å²) in [6, 6.07) is 18.6. The molecule has 0 N–H and O–H groups in total. The van der Waals surface area contributed by atoms with Crippen molar-refractivity contribution in [3.05, 3.63) is 71.8 Å². The molecule has 2 amide bonds. The second-order valence-electron chi connectivity index (χ2n) is 9.46. The predicted molar refractivity (Wildman–Crippen MR) is 129 cm³/mol. The highest BCUT2D eigenvalue weighted by atomic mass is 28.4. The van der Waals surface area contributed by atoms with Gasteiger partial charge in [0.15, 0.2) is 6.10 Å². The molecular weight excluding hydrogens is 418 g/mol. The van der Waals surface area contributed by atoms with E-state index in [1.165, 1.54) is 4.90 Å². The van der Waals surface area contributed by atoms with E-state index in [1.807, 2.05) is 60.7 Å². The van der Waals surface area contributed by atoms with Crippen LogP contribution >= 0.6 is 0 Å². The highest BCUT2D eigenvalue weighted by Gasteiger charge is 2.58. The van der Waals surface area contributed by atoms with Crippen molar-refractivity contribution in [2.45, 2.75) is 76.9 Å². The number of ether oxygens (including phenoxy) is 1. The summed E-state index contributed by atoms with van der Waals surface area (Å²) in [6.45, 7) is 13.3. The van der Waals surface area contributed by atoms with Crippen molar-refractivity contribution in [1.29, 1.82) is 0 Å². The number of rotatable bonds is 8. The summed E-state index contributed by atoms with van der Waals surface area (Å²) >= 11 is 0. The zero-order valence-electron chi connectivity index (χ0n) is 19.9. The molecule has 1 heterocycles. The fourth-order valence-electron chi connectivity index (χ4n) is 5.17. The van der Waals surface area contributed by atoms with Crippen LogP contribution in [-0.4, -0.2) is 31.3 Å². The zero-order valence-corrected chi connectivity index (χ0v) is 20.9. The Bertz CT molecular complexity index is 892. The maximum Gasteiger partial charge on any atom is 0.417 e. The molecule has 0 spiro atoms. The lowest BCUT2D eigenvalue weighted by Crippen LogP contribution is -2.66. The van der Waals surface area contributed by atoms with E-state index >= 15 is 0 Å². The average Bonchev–Trinajstić information content (AvgIpc) is 2.76. The lowest BCUT2D eigenvalue weighted by atomic mass is 9.91. The Morgan fingerprint density at radius 1 is 0.875 bits per heavy atom. The van der Waals surface area contributed by atoms with Crippen LogP contribution in [-0.2, 0) is 20.6 Å². The van der Waals surface area contributed by atoms with E-state index in [4.69, 9.17) is 9.16 Å². The number of hydrogen-bond acceptors (Lipinski definition) is 4. The number of carbonyl (C=O) groups is 2. The van der Waals surface area contributed by atoms with E-state index < -0.39 is 26.6 Å². The van der Waals surface area contributed by atoms with Crippen molar-refractivity contribution < 1.29 is 18.8 Å². The van der Waals surface area contributed by atoms with E-state index in [2.05, 4.69) is 41.5 Å². The number of amides is 2. The summed E-state index contributed by atoms with van der Waals surface area (Å²) in [5.41, 5.74) is 2.78. The van der Waals surface area contributed by atoms with Crippen molar-refractivity contribution in [2.24, 2.45) is 0 Å². The Labute approximate surface area is 192 Å². The summed E-state index contributed by atoms with van der Waals surface area (Å²) in [4.78, 5) is 27.4. The molecule has 2 aromatic rings. The third kappa shape index (κ3) is 4.52. The van der Waals surface area contributed by atoms with E-state index in [9.17, 15) is 9.59 Å². The van der Waals surface area contributed by atoms with Gasteiger partial charge in [-0.15, -0.1) is 0 Å². The van der Waals surface area contributed by atoms with Crippen LogP contribution in [0.15, 0.2) is 60.7 Å². The van der Waals surface area contributed by atoms with Crippen LogP contribution in [0.4, 0.5) is 4.79 Å². The van der Waals surface area contributed by atoms with Crippen LogP contribution in [0.1, 0.15) is 58.7 Å². The quantitative estimate of drug-likeness (QED) is 0.340. The van der Waals surface area contributed by atoms with Gasteiger partial charge in [-0.1, -0.05) is 102 Å².